The van der Waals surface area contributed by atoms with Crippen LogP contribution in [0.4, 0.5) is 9.59 Å². The van der Waals surface area contributed by atoms with E-state index in [1.54, 1.807) is 13.1 Å². The van der Waals surface area contributed by atoms with Gasteiger partial charge in [0.2, 0.25) is 5.91 Å². The molecule has 0 aliphatic carbocycles. The molecule has 0 fully saturated rings. The monoisotopic (exact) mass is 716 g/mol. The Morgan fingerprint density at radius 1 is 1.00 bits per heavy atom. The normalized spacial score (nSPS) is 13.4. The molecule has 0 aliphatic rings. The summed E-state index contributed by atoms with van der Waals surface area (Å²) in [7, 11) is 1.65. The summed E-state index contributed by atoms with van der Waals surface area (Å²) in [5, 5.41) is 26.8. The lowest BCUT2D eigenvalue weighted by Crippen LogP contribution is -2.57. The van der Waals surface area contributed by atoms with E-state index in [2.05, 4.69) is 26.1 Å². The van der Waals surface area contributed by atoms with E-state index in [1.807, 2.05) is 99.8 Å². The highest BCUT2D eigenvalue weighted by Gasteiger charge is 2.35. The van der Waals surface area contributed by atoms with Crippen LogP contribution in [0.1, 0.15) is 74.2 Å². The van der Waals surface area contributed by atoms with Crippen LogP contribution in [0.3, 0.4) is 0 Å². The predicted molar refractivity (Wildman–Crippen MR) is 196 cm³/mol. The van der Waals surface area contributed by atoms with Crippen molar-refractivity contribution in [3.63, 3.8) is 0 Å². The van der Waals surface area contributed by atoms with Crippen molar-refractivity contribution in [1.82, 2.24) is 31.0 Å². The van der Waals surface area contributed by atoms with Crippen molar-refractivity contribution >= 4 is 35.4 Å². The van der Waals surface area contributed by atoms with Crippen LogP contribution in [-0.2, 0) is 29.1 Å². The first kappa shape index (κ1) is 38.8. The van der Waals surface area contributed by atoms with Crippen LogP contribution in [0, 0.1) is 5.92 Å². The molecule has 272 valence electrons. The lowest BCUT2D eigenvalue weighted by atomic mass is 9.91. The fourth-order valence-corrected chi connectivity index (χ4v) is 6.32. The van der Waals surface area contributed by atoms with Gasteiger partial charge in [-0.2, -0.15) is 0 Å². The quantitative estimate of drug-likeness (QED) is 0.0998. The molecule has 0 saturated carbocycles. The molecule has 0 spiro atoms. The SMILES string of the molecule is CC(C)=Cc1nc(CN(C)C(=O)N[C@H](C(=O)NC(c2ccccc2)C(NC(=O)OCc2ccno2)C(O)CCCc2ccccc2)C(C)C)cs1. The molecule has 12 nitrogen and oxygen atoms in total. The predicted octanol–water partition coefficient (Wildman–Crippen LogP) is 6.26. The molecule has 2 aromatic carbocycles. The summed E-state index contributed by atoms with van der Waals surface area (Å²) in [5.41, 5.74) is 3.64. The summed E-state index contributed by atoms with van der Waals surface area (Å²) >= 11 is 1.50. The number of carbonyl (C=O) groups is 3. The fourth-order valence-electron chi connectivity index (χ4n) is 5.46. The first-order chi connectivity index (χ1) is 24.5. The van der Waals surface area contributed by atoms with Crippen molar-refractivity contribution in [1.29, 1.82) is 0 Å². The van der Waals surface area contributed by atoms with E-state index >= 15 is 0 Å². The van der Waals surface area contributed by atoms with Gasteiger partial charge in [-0.05, 0) is 56.2 Å². The van der Waals surface area contributed by atoms with E-state index in [1.165, 1.54) is 22.4 Å². The van der Waals surface area contributed by atoms with E-state index in [9.17, 15) is 19.5 Å². The summed E-state index contributed by atoms with van der Waals surface area (Å²) < 4.78 is 10.4. The maximum Gasteiger partial charge on any atom is 0.407 e. The molecule has 2 heterocycles. The Labute approximate surface area is 303 Å². The number of rotatable bonds is 17. The molecule has 2 aromatic heterocycles. The number of aliphatic hydroxyl groups excluding tert-OH is 1. The third-order valence-corrected chi connectivity index (χ3v) is 8.96. The highest BCUT2D eigenvalue weighted by molar-refractivity contribution is 7.10. The van der Waals surface area contributed by atoms with Crippen LogP contribution in [0.15, 0.2) is 88.4 Å². The Balaban J connectivity index is 1.52. The number of allylic oxidation sites excluding steroid dienone is 1. The molecule has 3 unspecified atom stereocenters. The number of nitrogens with zero attached hydrogens (tertiary/aromatic N) is 3. The van der Waals surface area contributed by atoms with Crippen LogP contribution >= 0.6 is 11.3 Å². The summed E-state index contributed by atoms with van der Waals surface area (Å²) in [4.78, 5) is 46.7. The van der Waals surface area contributed by atoms with E-state index in [0.29, 0.717) is 24.2 Å². The number of aromatic nitrogens is 2. The van der Waals surface area contributed by atoms with Crippen LogP contribution in [0.2, 0.25) is 0 Å². The zero-order chi connectivity index (χ0) is 36.8. The van der Waals surface area contributed by atoms with Crippen LogP contribution in [0.25, 0.3) is 6.08 Å². The minimum atomic E-state index is -1.08. The molecular formula is C38H48N6O6S. The number of alkyl carbamates (subject to hydrolysis) is 1. The van der Waals surface area contributed by atoms with E-state index in [-0.39, 0.29) is 19.1 Å². The maximum atomic E-state index is 14.1. The number of ether oxygens (including phenoxy) is 1. The highest BCUT2D eigenvalue weighted by Crippen LogP contribution is 2.24. The van der Waals surface area contributed by atoms with Crippen LogP contribution in [0.5, 0.6) is 0 Å². The molecule has 4 amide bonds. The number of hydrogen-bond acceptors (Lipinski definition) is 9. The molecule has 0 saturated heterocycles. The first-order valence-electron chi connectivity index (χ1n) is 17.0. The fraction of sp³-hybridized carbons (Fsp3) is 0.395. The van der Waals surface area contributed by atoms with Gasteiger partial charge in [-0.3, -0.25) is 4.79 Å². The molecule has 51 heavy (non-hydrogen) atoms. The average Bonchev–Trinajstić information content (AvgIpc) is 3.80. The minimum absolute atomic E-state index is 0.169. The molecule has 4 atom stereocenters. The lowest BCUT2D eigenvalue weighted by Gasteiger charge is -2.34. The molecule has 0 aliphatic heterocycles. The largest absolute Gasteiger partial charge is 0.441 e. The van der Waals surface area contributed by atoms with Crippen LogP contribution in [-0.4, -0.2) is 63.4 Å². The molecule has 13 heteroatoms. The average molecular weight is 717 g/mol. The van der Waals surface area contributed by atoms with E-state index in [0.717, 1.165) is 28.3 Å². The highest BCUT2D eigenvalue weighted by atomic mass is 32.1. The number of benzene rings is 2. The summed E-state index contributed by atoms with van der Waals surface area (Å²) in [6.07, 6.45) is 3.20. The van der Waals surface area contributed by atoms with Crippen molar-refractivity contribution in [2.75, 3.05) is 7.05 Å². The van der Waals surface area contributed by atoms with Crippen molar-refractivity contribution in [3.05, 3.63) is 111 Å². The zero-order valence-electron chi connectivity index (χ0n) is 29.7. The number of aliphatic hydroxyl groups is 1. The van der Waals surface area contributed by atoms with Gasteiger partial charge in [0, 0.05) is 18.5 Å². The maximum absolute atomic E-state index is 14.1. The third kappa shape index (κ3) is 12.4. The molecule has 4 rings (SSSR count). The van der Waals surface area contributed by atoms with Crippen molar-refractivity contribution in [2.45, 2.75) is 84.3 Å². The Hall–Kier alpha value is -5.01. The Kier molecular flexibility index (Phi) is 14.8. The second-order valence-corrected chi connectivity index (χ2v) is 13.9. The Morgan fingerprint density at radius 3 is 2.35 bits per heavy atom. The van der Waals surface area contributed by atoms with Gasteiger partial charge in [-0.25, -0.2) is 14.6 Å². The zero-order valence-corrected chi connectivity index (χ0v) is 30.6. The second-order valence-electron chi connectivity index (χ2n) is 13.0. The molecule has 0 bridgehead atoms. The number of nitrogens with one attached hydrogen (secondary N) is 3. The molecule has 0 radical (unpaired) electrons. The van der Waals surface area contributed by atoms with Crippen LogP contribution < -0.4 is 16.0 Å². The smallest absolute Gasteiger partial charge is 0.407 e. The van der Waals surface area contributed by atoms with Gasteiger partial charge >= 0.3 is 12.1 Å². The second kappa shape index (κ2) is 19.4. The van der Waals surface area contributed by atoms with E-state index < -0.39 is 42.3 Å². The molecule has 4 N–H and O–H groups in total. The summed E-state index contributed by atoms with van der Waals surface area (Å²) in [6.45, 7) is 7.76. The third-order valence-electron chi connectivity index (χ3n) is 8.12. The molecular weight excluding hydrogens is 669 g/mol. The topological polar surface area (TPSA) is 159 Å². The van der Waals surface area contributed by atoms with Gasteiger partial charge in [-0.15, -0.1) is 11.3 Å². The van der Waals surface area contributed by atoms with Gasteiger partial charge in [-0.1, -0.05) is 85.2 Å². The van der Waals surface area contributed by atoms with Gasteiger partial charge in [0.05, 0.1) is 36.6 Å². The number of thiazole rings is 1. The Bertz CT molecular complexity index is 1690. The Morgan fingerprint density at radius 2 is 1.71 bits per heavy atom. The number of urea groups is 1. The number of hydrogen-bond donors (Lipinski definition) is 4. The summed E-state index contributed by atoms with van der Waals surface area (Å²) in [6, 6.07) is 17.3. The van der Waals surface area contributed by atoms with Gasteiger partial charge in [0.15, 0.2) is 12.4 Å². The van der Waals surface area contributed by atoms with Crippen molar-refractivity contribution in [2.24, 2.45) is 5.92 Å². The number of carbonyl (C=O) groups excluding carboxylic acids is 3. The van der Waals surface area contributed by atoms with Gasteiger partial charge in [0.25, 0.3) is 0 Å². The number of aryl methyl sites for hydroxylation is 1. The minimum Gasteiger partial charge on any atom is -0.441 e. The summed E-state index contributed by atoms with van der Waals surface area (Å²) in [5.74, 6) is -0.420. The molecule has 4 aromatic rings. The lowest BCUT2D eigenvalue weighted by molar-refractivity contribution is -0.125. The van der Waals surface area contributed by atoms with Gasteiger partial charge < -0.3 is 35.2 Å². The first-order valence-corrected chi connectivity index (χ1v) is 17.9. The van der Waals surface area contributed by atoms with Gasteiger partial charge in [0.1, 0.15) is 11.0 Å². The number of amides is 4. The van der Waals surface area contributed by atoms with Crippen molar-refractivity contribution < 1.29 is 28.8 Å². The standard InChI is InChI=1S/C38H48N6O6S/c1-25(2)21-32-40-29(24-51-32)22-44(5)37(47)42-33(26(3)4)36(46)41-34(28-16-10-7-11-17-28)35(43-38(48)49-23-30-19-20-39-50-30)31(45)18-12-15-27-13-8-6-9-14-27/h6-11,13-14,16-17,19-21,24,26,31,33-35,45H,12,15,18,22-23H2,1-5H3,(H,41,46)(H,42,47)(H,43,48)/t31?,33-,34?,35?/m0/s1. The van der Waals surface area contributed by atoms with E-state index in [4.69, 9.17) is 9.26 Å². The van der Waals surface area contributed by atoms with Crippen molar-refractivity contribution in [3.8, 4) is 0 Å².